The second-order valence-corrected chi connectivity index (χ2v) is 5.37. The molecule has 2 atom stereocenters. The van der Waals surface area contributed by atoms with Crippen molar-refractivity contribution in [1.82, 2.24) is 5.32 Å². The summed E-state index contributed by atoms with van der Waals surface area (Å²) in [6.45, 7) is 1.87. The highest BCUT2D eigenvalue weighted by Gasteiger charge is 2.27. The number of benzene rings is 1. The van der Waals surface area contributed by atoms with Gasteiger partial charge in [-0.25, -0.2) is 9.59 Å². The van der Waals surface area contributed by atoms with Gasteiger partial charge < -0.3 is 20.3 Å². The van der Waals surface area contributed by atoms with Crippen LogP contribution in [0.5, 0.6) is 0 Å². The Bertz CT molecular complexity index is 477. The van der Waals surface area contributed by atoms with Crippen molar-refractivity contribution in [2.45, 2.75) is 51.2 Å². The number of carboxylic acids is 1. The molecule has 23 heavy (non-hydrogen) atoms. The number of aryl methyl sites for hydroxylation is 1. The summed E-state index contributed by atoms with van der Waals surface area (Å²) < 4.78 is 4.95. The summed E-state index contributed by atoms with van der Waals surface area (Å²) in [5, 5.41) is 20.7. The van der Waals surface area contributed by atoms with Gasteiger partial charge in [0, 0.05) is 0 Å². The number of carbonyl (C=O) groups excluding carboxylic acids is 1. The van der Waals surface area contributed by atoms with Crippen LogP contribution in [0.3, 0.4) is 0 Å². The molecule has 0 fully saturated rings. The molecule has 1 aromatic rings. The fraction of sp³-hybridized carbons (Fsp3) is 0.529. The van der Waals surface area contributed by atoms with Gasteiger partial charge in [0.25, 0.3) is 0 Å². The molecule has 0 aliphatic carbocycles. The van der Waals surface area contributed by atoms with E-state index in [4.69, 9.17) is 9.84 Å². The topological polar surface area (TPSA) is 95.9 Å². The lowest BCUT2D eigenvalue weighted by Crippen LogP contribution is -2.48. The van der Waals surface area contributed by atoms with Gasteiger partial charge in [0.1, 0.15) is 0 Å². The van der Waals surface area contributed by atoms with Crippen molar-refractivity contribution in [2.75, 3.05) is 6.61 Å². The summed E-state index contributed by atoms with van der Waals surface area (Å²) >= 11 is 0. The normalized spacial score (nSPS) is 13.1. The lowest BCUT2D eigenvalue weighted by Gasteiger charge is -2.18. The molecule has 0 aromatic heterocycles. The third-order valence-electron chi connectivity index (χ3n) is 3.53. The average molecular weight is 323 g/mol. The van der Waals surface area contributed by atoms with Crippen molar-refractivity contribution in [3.8, 4) is 0 Å². The highest BCUT2D eigenvalue weighted by Crippen LogP contribution is 2.06. The number of aliphatic hydroxyl groups is 1. The van der Waals surface area contributed by atoms with Crippen LogP contribution in [0.1, 0.15) is 38.2 Å². The summed E-state index contributed by atoms with van der Waals surface area (Å²) in [4.78, 5) is 22.5. The first-order valence-electron chi connectivity index (χ1n) is 7.92. The fourth-order valence-corrected chi connectivity index (χ4v) is 2.14. The molecule has 0 saturated heterocycles. The smallest absolute Gasteiger partial charge is 0.407 e. The molecule has 0 saturated carbocycles. The Morgan fingerprint density at radius 2 is 1.87 bits per heavy atom. The van der Waals surface area contributed by atoms with Crippen LogP contribution in [0.25, 0.3) is 0 Å². The molecule has 6 nitrogen and oxygen atoms in total. The molecule has 1 amide bonds. The van der Waals surface area contributed by atoms with Crippen molar-refractivity contribution in [3.05, 3.63) is 35.9 Å². The predicted octanol–water partition coefficient (Wildman–Crippen LogP) is 2.35. The van der Waals surface area contributed by atoms with E-state index in [9.17, 15) is 14.7 Å². The van der Waals surface area contributed by atoms with Crippen molar-refractivity contribution in [3.63, 3.8) is 0 Å². The number of aliphatic hydroxyl groups excluding tert-OH is 1. The Morgan fingerprint density at radius 1 is 1.17 bits per heavy atom. The number of ether oxygens (including phenoxy) is 1. The van der Waals surface area contributed by atoms with Crippen LogP contribution in [0, 0.1) is 0 Å². The number of hydrogen-bond acceptors (Lipinski definition) is 4. The Labute approximate surface area is 136 Å². The maximum atomic E-state index is 11.5. The fourth-order valence-electron chi connectivity index (χ4n) is 2.14. The largest absolute Gasteiger partial charge is 0.480 e. The predicted molar refractivity (Wildman–Crippen MR) is 86.2 cm³/mol. The first-order valence-corrected chi connectivity index (χ1v) is 7.92. The standard InChI is InChI=1S/C17H25NO5/c1-2-14(19)15(16(20)21)18-17(22)23-12-8-4-7-11-13-9-5-3-6-10-13/h3,5-6,9-10,14-15,19H,2,4,7-8,11-12H2,1H3,(H,18,22)(H,20,21)/t14-,15+/m1/s1. The zero-order chi connectivity index (χ0) is 17.1. The van der Waals surface area contributed by atoms with E-state index >= 15 is 0 Å². The quantitative estimate of drug-likeness (QED) is 0.574. The van der Waals surface area contributed by atoms with Crippen molar-refractivity contribution in [2.24, 2.45) is 0 Å². The number of alkyl carbamates (subject to hydrolysis) is 1. The van der Waals surface area contributed by atoms with Gasteiger partial charge in [0.15, 0.2) is 6.04 Å². The van der Waals surface area contributed by atoms with Crippen LogP contribution in [-0.4, -0.2) is 41.0 Å². The Kier molecular flexibility index (Phi) is 8.75. The van der Waals surface area contributed by atoms with Gasteiger partial charge in [-0.3, -0.25) is 0 Å². The molecule has 6 heteroatoms. The second kappa shape index (κ2) is 10.6. The van der Waals surface area contributed by atoms with Gasteiger partial charge >= 0.3 is 12.1 Å². The van der Waals surface area contributed by atoms with E-state index < -0.39 is 24.2 Å². The van der Waals surface area contributed by atoms with Crippen molar-refractivity contribution >= 4 is 12.1 Å². The maximum Gasteiger partial charge on any atom is 0.407 e. The number of amides is 1. The molecule has 128 valence electrons. The molecule has 0 aliphatic rings. The number of aliphatic carboxylic acids is 1. The third kappa shape index (κ3) is 7.65. The number of unbranched alkanes of at least 4 members (excludes halogenated alkanes) is 2. The zero-order valence-corrected chi connectivity index (χ0v) is 13.4. The minimum atomic E-state index is -1.34. The van der Waals surface area contributed by atoms with Crippen molar-refractivity contribution in [1.29, 1.82) is 0 Å². The number of nitrogens with one attached hydrogen (secondary N) is 1. The summed E-state index contributed by atoms with van der Waals surface area (Å²) in [5.41, 5.74) is 1.28. The summed E-state index contributed by atoms with van der Waals surface area (Å²) in [5.74, 6) is -1.28. The van der Waals surface area contributed by atoms with Crippen LogP contribution < -0.4 is 5.32 Å². The minimum absolute atomic E-state index is 0.231. The van der Waals surface area contributed by atoms with E-state index in [0.29, 0.717) is 6.42 Å². The van der Waals surface area contributed by atoms with Crippen LogP contribution in [0.2, 0.25) is 0 Å². The molecule has 0 heterocycles. The number of carboxylic acid groups (broad SMARTS) is 1. The summed E-state index contributed by atoms with van der Waals surface area (Å²) in [6.07, 6.45) is 1.91. The lowest BCUT2D eigenvalue weighted by molar-refractivity contribution is -0.142. The van der Waals surface area contributed by atoms with Crippen LogP contribution in [-0.2, 0) is 16.0 Å². The van der Waals surface area contributed by atoms with Crippen LogP contribution in [0.4, 0.5) is 4.79 Å². The van der Waals surface area contributed by atoms with Crippen molar-refractivity contribution < 1.29 is 24.5 Å². The molecular weight excluding hydrogens is 298 g/mol. The van der Waals surface area contributed by atoms with Gasteiger partial charge in [-0.1, -0.05) is 37.3 Å². The highest BCUT2D eigenvalue weighted by atomic mass is 16.5. The second-order valence-electron chi connectivity index (χ2n) is 5.37. The van der Waals surface area contributed by atoms with Gasteiger partial charge in [0.2, 0.25) is 0 Å². The SMILES string of the molecule is CC[C@@H](O)[C@H](NC(=O)OCCCCCc1ccccc1)C(=O)O. The Balaban J connectivity index is 2.15. The maximum absolute atomic E-state index is 11.5. The van der Waals surface area contributed by atoms with Crippen LogP contribution >= 0.6 is 0 Å². The molecular formula is C17H25NO5. The molecule has 1 aromatic carbocycles. The van der Waals surface area contributed by atoms with Crippen LogP contribution in [0.15, 0.2) is 30.3 Å². The molecule has 0 bridgehead atoms. The third-order valence-corrected chi connectivity index (χ3v) is 3.53. The molecule has 1 rings (SSSR count). The Hall–Kier alpha value is -2.08. The zero-order valence-electron chi connectivity index (χ0n) is 13.4. The number of rotatable bonds is 10. The van der Waals surface area contributed by atoms with Gasteiger partial charge in [0.05, 0.1) is 12.7 Å². The first kappa shape index (κ1) is 19.0. The molecule has 0 radical (unpaired) electrons. The molecule has 0 spiro atoms. The summed E-state index contributed by atoms with van der Waals surface area (Å²) in [7, 11) is 0. The minimum Gasteiger partial charge on any atom is -0.480 e. The van der Waals surface area contributed by atoms with E-state index in [-0.39, 0.29) is 13.0 Å². The lowest BCUT2D eigenvalue weighted by atomic mass is 10.1. The van der Waals surface area contributed by atoms with Gasteiger partial charge in [-0.05, 0) is 37.7 Å². The Morgan fingerprint density at radius 3 is 2.48 bits per heavy atom. The number of carbonyl (C=O) groups is 2. The first-order chi connectivity index (χ1) is 11.0. The molecule has 0 unspecified atom stereocenters. The summed E-state index contributed by atoms with van der Waals surface area (Å²) in [6, 6.07) is 8.81. The monoisotopic (exact) mass is 323 g/mol. The molecule has 3 N–H and O–H groups in total. The van der Waals surface area contributed by atoms with E-state index in [1.165, 1.54) is 5.56 Å². The van der Waals surface area contributed by atoms with Gasteiger partial charge in [-0.15, -0.1) is 0 Å². The van der Waals surface area contributed by atoms with Gasteiger partial charge in [-0.2, -0.15) is 0 Å². The average Bonchev–Trinajstić information content (AvgIpc) is 2.55. The van der Waals surface area contributed by atoms with E-state index in [1.807, 2.05) is 18.2 Å². The van der Waals surface area contributed by atoms with E-state index in [0.717, 1.165) is 19.3 Å². The van der Waals surface area contributed by atoms with E-state index in [1.54, 1.807) is 6.92 Å². The highest BCUT2D eigenvalue weighted by molar-refractivity contribution is 5.80. The van der Waals surface area contributed by atoms with E-state index in [2.05, 4.69) is 17.4 Å². The molecule has 0 aliphatic heterocycles. The number of hydrogen-bond donors (Lipinski definition) is 3.